The standard InChI is InChI=1S/C23H26N2O2/c1-14-5-15(2)8-18(7-14)20-12-26-22(24-20)11-23-25-21(13-27-23)19-9-16(3)6-17(4)10-19/h5-10,20-21H,11-13H2,1-4H3/t20-,21-/m1/s1. The van der Waals surface area contributed by atoms with Crippen molar-refractivity contribution in [2.24, 2.45) is 9.98 Å². The third kappa shape index (κ3) is 4.05. The summed E-state index contributed by atoms with van der Waals surface area (Å²) in [6.07, 6.45) is 0.530. The Morgan fingerprint density at radius 1 is 0.667 bits per heavy atom. The average Bonchev–Trinajstić information content (AvgIpc) is 3.23. The first-order valence-electron chi connectivity index (χ1n) is 9.51. The van der Waals surface area contributed by atoms with Gasteiger partial charge in [0.1, 0.15) is 25.3 Å². The molecule has 0 N–H and O–H groups in total. The molecule has 0 aromatic heterocycles. The normalized spacial score (nSPS) is 21.5. The summed E-state index contributed by atoms with van der Waals surface area (Å²) in [4.78, 5) is 9.53. The number of aliphatic imine (C=N–C) groups is 2. The van der Waals surface area contributed by atoms with Crippen molar-refractivity contribution >= 4 is 11.8 Å². The number of hydrogen-bond donors (Lipinski definition) is 0. The van der Waals surface area contributed by atoms with E-state index < -0.39 is 0 Å². The molecule has 2 aromatic carbocycles. The van der Waals surface area contributed by atoms with Crippen molar-refractivity contribution in [2.45, 2.75) is 46.2 Å². The summed E-state index contributed by atoms with van der Waals surface area (Å²) in [5.74, 6) is 1.44. The van der Waals surface area contributed by atoms with Crippen LogP contribution >= 0.6 is 0 Å². The van der Waals surface area contributed by atoms with Crippen LogP contribution < -0.4 is 0 Å². The summed E-state index contributed by atoms with van der Waals surface area (Å²) >= 11 is 0. The van der Waals surface area contributed by atoms with Gasteiger partial charge in [-0.1, -0.05) is 58.7 Å². The van der Waals surface area contributed by atoms with E-state index in [-0.39, 0.29) is 12.1 Å². The van der Waals surface area contributed by atoms with Crippen molar-refractivity contribution in [1.82, 2.24) is 0 Å². The van der Waals surface area contributed by atoms with Crippen molar-refractivity contribution in [1.29, 1.82) is 0 Å². The molecule has 0 radical (unpaired) electrons. The lowest BCUT2D eigenvalue weighted by Gasteiger charge is -2.07. The minimum atomic E-state index is 0.0656. The van der Waals surface area contributed by atoms with Gasteiger partial charge in [-0.2, -0.15) is 0 Å². The zero-order chi connectivity index (χ0) is 19.0. The second kappa shape index (κ2) is 7.18. The Labute approximate surface area is 161 Å². The Kier molecular flexibility index (Phi) is 4.73. The van der Waals surface area contributed by atoms with Gasteiger partial charge in [-0.25, -0.2) is 9.98 Å². The summed E-state index contributed by atoms with van der Waals surface area (Å²) in [6.45, 7) is 9.64. The number of ether oxygens (including phenoxy) is 2. The molecule has 0 saturated heterocycles. The largest absolute Gasteiger partial charge is 0.478 e. The van der Waals surface area contributed by atoms with E-state index in [0.29, 0.717) is 19.6 Å². The third-order valence-electron chi connectivity index (χ3n) is 4.98. The second-order valence-corrected chi connectivity index (χ2v) is 7.72. The molecule has 27 heavy (non-hydrogen) atoms. The second-order valence-electron chi connectivity index (χ2n) is 7.72. The minimum Gasteiger partial charge on any atom is -0.478 e. The van der Waals surface area contributed by atoms with Crippen LogP contribution in [0.4, 0.5) is 0 Å². The third-order valence-corrected chi connectivity index (χ3v) is 4.98. The van der Waals surface area contributed by atoms with Gasteiger partial charge >= 0.3 is 0 Å². The van der Waals surface area contributed by atoms with Gasteiger partial charge in [0.25, 0.3) is 0 Å². The molecule has 140 valence electrons. The van der Waals surface area contributed by atoms with Crippen LogP contribution in [-0.4, -0.2) is 25.0 Å². The molecule has 4 rings (SSSR count). The Morgan fingerprint density at radius 2 is 1.04 bits per heavy atom. The maximum atomic E-state index is 5.83. The number of aryl methyl sites for hydroxylation is 4. The van der Waals surface area contributed by atoms with E-state index in [9.17, 15) is 0 Å². The van der Waals surface area contributed by atoms with Crippen LogP contribution in [-0.2, 0) is 9.47 Å². The SMILES string of the molecule is Cc1cc(C)cc([C@H]2COC(CC3=N[C@@H](c4cc(C)cc(C)c4)CO3)=N2)c1. The molecule has 2 aromatic rings. The molecule has 0 bridgehead atoms. The Balaban J connectivity index is 1.46. The predicted molar refractivity (Wildman–Crippen MR) is 109 cm³/mol. The van der Waals surface area contributed by atoms with Crippen molar-refractivity contribution in [3.8, 4) is 0 Å². The molecule has 0 amide bonds. The summed E-state index contributed by atoms with van der Waals surface area (Å²) in [6, 6.07) is 13.2. The van der Waals surface area contributed by atoms with Gasteiger partial charge in [0.2, 0.25) is 0 Å². The molecule has 2 aliphatic rings. The summed E-state index contributed by atoms with van der Waals surface area (Å²) in [7, 11) is 0. The maximum absolute atomic E-state index is 5.83. The lowest BCUT2D eigenvalue weighted by atomic mass is 10.0. The van der Waals surface area contributed by atoms with Crippen LogP contribution in [0.5, 0.6) is 0 Å². The van der Waals surface area contributed by atoms with Gasteiger partial charge in [-0.15, -0.1) is 0 Å². The van der Waals surface area contributed by atoms with Crippen LogP contribution in [0.3, 0.4) is 0 Å². The highest BCUT2D eigenvalue weighted by molar-refractivity contribution is 5.98. The topological polar surface area (TPSA) is 43.2 Å². The smallest absolute Gasteiger partial charge is 0.193 e. The first-order valence-corrected chi connectivity index (χ1v) is 9.51. The highest BCUT2D eigenvalue weighted by Crippen LogP contribution is 2.29. The van der Waals surface area contributed by atoms with Crippen molar-refractivity contribution in [2.75, 3.05) is 13.2 Å². The molecule has 0 unspecified atom stereocenters. The number of benzene rings is 2. The van der Waals surface area contributed by atoms with Gasteiger partial charge in [0.05, 0.1) is 6.42 Å². The van der Waals surface area contributed by atoms with E-state index in [1.54, 1.807) is 0 Å². The number of hydrogen-bond acceptors (Lipinski definition) is 4. The van der Waals surface area contributed by atoms with Crippen LogP contribution in [0.1, 0.15) is 51.9 Å². The van der Waals surface area contributed by atoms with E-state index in [1.165, 1.54) is 33.4 Å². The molecule has 2 atom stereocenters. The molecule has 0 aliphatic carbocycles. The molecule has 0 saturated carbocycles. The fourth-order valence-corrected chi connectivity index (χ4v) is 3.92. The average molecular weight is 362 g/mol. The quantitative estimate of drug-likeness (QED) is 0.772. The molecule has 4 nitrogen and oxygen atoms in total. The van der Waals surface area contributed by atoms with Gasteiger partial charge in [-0.3, -0.25) is 0 Å². The number of nitrogens with zero attached hydrogens (tertiary/aromatic N) is 2. The van der Waals surface area contributed by atoms with Crippen molar-refractivity contribution in [3.63, 3.8) is 0 Å². The molecule has 4 heteroatoms. The fourth-order valence-electron chi connectivity index (χ4n) is 3.92. The molecular weight excluding hydrogens is 336 g/mol. The Morgan fingerprint density at radius 3 is 1.41 bits per heavy atom. The van der Waals surface area contributed by atoms with E-state index in [1.807, 2.05) is 0 Å². The zero-order valence-electron chi connectivity index (χ0n) is 16.5. The highest BCUT2D eigenvalue weighted by Gasteiger charge is 2.26. The zero-order valence-corrected chi connectivity index (χ0v) is 16.5. The number of rotatable bonds is 4. The minimum absolute atomic E-state index is 0.0656. The summed E-state index contributed by atoms with van der Waals surface area (Å²) < 4.78 is 11.7. The summed E-state index contributed by atoms with van der Waals surface area (Å²) in [5.41, 5.74) is 7.46. The van der Waals surface area contributed by atoms with Crippen LogP contribution in [0.25, 0.3) is 0 Å². The first-order chi connectivity index (χ1) is 13.0. The molecule has 2 aliphatic heterocycles. The van der Waals surface area contributed by atoms with Gasteiger partial charge < -0.3 is 9.47 Å². The Bertz CT molecular complexity index is 814. The first kappa shape index (κ1) is 17.8. The highest BCUT2D eigenvalue weighted by atomic mass is 16.5. The van der Waals surface area contributed by atoms with Gasteiger partial charge in [0, 0.05) is 0 Å². The van der Waals surface area contributed by atoms with E-state index in [0.717, 1.165) is 11.8 Å². The Hall–Kier alpha value is -2.62. The maximum Gasteiger partial charge on any atom is 0.193 e. The van der Waals surface area contributed by atoms with Gasteiger partial charge in [-0.05, 0) is 38.8 Å². The fraction of sp³-hybridized carbons (Fsp3) is 0.391. The van der Waals surface area contributed by atoms with E-state index in [2.05, 4.69) is 64.1 Å². The monoisotopic (exact) mass is 362 g/mol. The molecular formula is C23H26N2O2. The summed E-state index contributed by atoms with van der Waals surface area (Å²) in [5, 5.41) is 0. The predicted octanol–water partition coefficient (Wildman–Crippen LogP) is 4.95. The lowest BCUT2D eigenvalue weighted by molar-refractivity contribution is 0.300. The van der Waals surface area contributed by atoms with Crippen LogP contribution in [0.2, 0.25) is 0 Å². The van der Waals surface area contributed by atoms with E-state index in [4.69, 9.17) is 19.5 Å². The van der Waals surface area contributed by atoms with Gasteiger partial charge in [0.15, 0.2) is 11.8 Å². The van der Waals surface area contributed by atoms with Crippen LogP contribution in [0, 0.1) is 27.7 Å². The molecule has 2 heterocycles. The van der Waals surface area contributed by atoms with Crippen LogP contribution in [0.15, 0.2) is 46.4 Å². The molecule has 0 spiro atoms. The van der Waals surface area contributed by atoms with Crippen molar-refractivity contribution in [3.05, 3.63) is 69.8 Å². The molecule has 0 fully saturated rings. The lowest BCUT2D eigenvalue weighted by Crippen LogP contribution is -2.08. The van der Waals surface area contributed by atoms with E-state index >= 15 is 0 Å². The van der Waals surface area contributed by atoms with Crippen molar-refractivity contribution < 1.29 is 9.47 Å².